The highest BCUT2D eigenvalue weighted by atomic mass is 79.9. The van der Waals surface area contributed by atoms with E-state index in [1.54, 1.807) is 7.11 Å². The summed E-state index contributed by atoms with van der Waals surface area (Å²) < 4.78 is 6.00. The van der Waals surface area contributed by atoms with Crippen LogP contribution in [-0.4, -0.2) is 26.1 Å². The molecule has 0 saturated heterocycles. The number of anilines is 1. The van der Waals surface area contributed by atoms with Crippen LogP contribution >= 0.6 is 15.9 Å². The van der Waals surface area contributed by atoms with Gasteiger partial charge < -0.3 is 15.4 Å². The second kappa shape index (κ2) is 8.56. The normalized spacial score (nSPS) is 10.3. The van der Waals surface area contributed by atoms with Gasteiger partial charge in [0.15, 0.2) is 0 Å². The number of carbonyl (C=O) groups excluding carboxylic acids is 1. The minimum atomic E-state index is -0.0540. The number of hydrogen-bond acceptors (Lipinski definition) is 3. The van der Waals surface area contributed by atoms with Crippen molar-refractivity contribution < 1.29 is 9.53 Å². The van der Waals surface area contributed by atoms with Crippen molar-refractivity contribution in [2.45, 2.75) is 6.42 Å². The Morgan fingerprint density at radius 3 is 2.55 bits per heavy atom. The van der Waals surface area contributed by atoms with Crippen LogP contribution in [0.1, 0.15) is 5.56 Å². The lowest BCUT2D eigenvalue weighted by Crippen LogP contribution is -2.29. The summed E-state index contributed by atoms with van der Waals surface area (Å²) in [5, 5.41) is 6.00. The molecule has 0 aliphatic carbocycles. The van der Waals surface area contributed by atoms with Crippen LogP contribution < -0.4 is 15.4 Å². The first-order valence-electron chi connectivity index (χ1n) is 7.07. The number of halogens is 1. The fraction of sp³-hybridized carbons (Fsp3) is 0.235. The zero-order valence-corrected chi connectivity index (χ0v) is 14.0. The third-order valence-corrected chi connectivity index (χ3v) is 3.87. The Balaban J connectivity index is 1.69. The van der Waals surface area contributed by atoms with Crippen LogP contribution in [0, 0.1) is 0 Å². The first kappa shape index (κ1) is 16.5. The van der Waals surface area contributed by atoms with Crippen LogP contribution in [-0.2, 0) is 11.2 Å². The van der Waals surface area contributed by atoms with Gasteiger partial charge in [-0.05, 0) is 58.7 Å². The molecule has 2 N–H and O–H groups in total. The number of amides is 1. The highest BCUT2D eigenvalue weighted by Gasteiger charge is 2.04. The topological polar surface area (TPSA) is 50.4 Å². The van der Waals surface area contributed by atoms with E-state index in [2.05, 4.69) is 26.6 Å². The predicted molar refractivity (Wildman–Crippen MR) is 92.3 cm³/mol. The van der Waals surface area contributed by atoms with Crippen molar-refractivity contribution in [1.82, 2.24) is 5.32 Å². The maximum Gasteiger partial charge on any atom is 0.238 e. The SMILES string of the molecule is COc1ccc(CCNCC(=O)Nc2ccccc2Br)cc1. The number of methoxy groups -OCH3 is 1. The van der Waals surface area contributed by atoms with Crippen molar-refractivity contribution in [1.29, 1.82) is 0 Å². The van der Waals surface area contributed by atoms with Crippen LogP contribution in [0.3, 0.4) is 0 Å². The van der Waals surface area contributed by atoms with E-state index < -0.39 is 0 Å². The molecule has 0 radical (unpaired) electrons. The number of nitrogens with one attached hydrogen (secondary N) is 2. The van der Waals surface area contributed by atoms with E-state index in [4.69, 9.17) is 4.74 Å². The van der Waals surface area contributed by atoms with Gasteiger partial charge in [0.05, 0.1) is 19.3 Å². The zero-order chi connectivity index (χ0) is 15.8. The van der Waals surface area contributed by atoms with E-state index in [0.29, 0.717) is 0 Å². The molecule has 116 valence electrons. The van der Waals surface area contributed by atoms with Gasteiger partial charge in [0.2, 0.25) is 5.91 Å². The second-order valence-electron chi connectivity index (χ2n) is 4.80. The lowest BCUT2D eigenvalue weighted by atomic mass is 10.1. The van der Waals surface area contributed by atoms with Gasteiger partial charge in [-0.1, -0.05) is 24.3 Å². The monoisotopic (exact) mass is 362 g/mol. The maximum atomic E-state index is 11.8. The number of benzene rings is 2. The maximum absolute atomic E-state index is 11.8. The van der Waals surface area contributed by atoms with Crippen molar-refractivity contribution in [3.8, 4) is 5.75 Å². The van der Waals surface area contributed by atoms with Gasteiger partial charge >= 0.3 is 0 Å². The quantitative estimate of drug-likeness (QED) is 0.743. The van der Waals surface area contributed by atoms with Crippen LogP contribution in [0.2, 0.25) is 0 Å². The zero-order valence-electron chi connectivity index (χ0n) is 12.4. The first-order valence-corrected chi connectivity index (χ1v) is 7.86. The second-order valence-corrected chi connectivity index (χ2v) is 5.66. The van der Waals surface area contributed by atoms with Gasteiger partial charge in [0.1, 0.15) is 5.75 Å². The molecule has 22 heavy (non-hydrogen) atoms. The Hall–Kier alpha value is -1.85. The summed E-state index contributed by atoms with van der Waals surface area (Å²) in [4.78, 5) is 11.8. The Morgan fingerprint density at radius 2 is 1.86 bits per heavy atom. The Kier molecular flexibility index (Phi) is 6.43. The summed E-state index contributed by atoms with van der Waals surface area (Å²) in [5.41, 5.74) is 1.99. The van der Waals surface area contributed by atoms with Crippen LogP contribution in [0.4, 0.5) is 5.69 Å². The van der Waals surface area contributed by atoms with Gasteiger partial charge in [-0.25, -0.2) is 0 Å². The fourth-order valence-electron chi connectivity index (χ4n) is 1.98. The number of hydrogen-bond donors (Lipinski definition) is 2. The number of rotatable bonds is 7. The summed E-state index contributed by atoms with van der Waals surface area (Å²) in [6.45, 7) is 1.03. The average molecular weight is 363 g/mol. The largest absolute Gasteiger partial charge is 0.497 e. The smallest absolute Gasteiger partial charge is 0.238 e. The Morgan fingerprint density at radius 1 is 1.14 bits per heavy atom. The molecule has 0 aromatic heterocycles. The van der Waals surface area contributed by atoms with Crippen molar-refractivity contribution in [2.75, 3.05) is 25.5 Å². The molecule has 0 spiro atoms. The fourth-order valence-corrected chi connectivity index (χ4v) is 2.37. The van der Waals surface area contributed by atoms with E-state index in [0.717, 1.165) is 28.9 Å². The highest BCUT2D eigenvalue weighted by Crippen LogP contribution is 2.20. The minimum Gasteiger partial charge on any atom is -0.497 e. The molecule has 0 saturated carbocycles. The summed E-state index contributed by atoms with van der Waals surface area (Å²) in [5.74, 6) is 0.797. The number of para-hydroxylation sites is 1. The van der Waals surface area contributed by atoms with E-state index in [9.17, 15) is 4.79 Å². The molecule has 0 bridgehead atoms. The molecule has 0 aliphatic rings. The molecule has 0 atom stereocenters. The summed E-state index contributed by atoms with van der Waals surface area (Å²) in [7, 11) is 1.65. The Bertz CT molecular complexity index is 614. The molecule has 2 rings (SSSR count). The Labute approximate surface area is 139 Å². The summed E-state index contributed by atoms with van der Waals surface area (Å²) in [6.07, 6.45) is 0.867. The first-order chi connectivity index (χ1) is 10.7. The average Bonchev–Trinajstić information content (AvgIpc) is 2.54. The molecule has 1 amide bonds. The van der Waals surface area contributed by atoms with E-state index in [1.165, 1.54) is 5.56 Å². The van der Waals surface area contributed by atoms with Crippen molar-refractivity contribution >= 4 is 27.5 Å². The van der Waals surface area contributed by atoms with Crippen LogP contribution in [0.5, 0.6) is 5.75 Å². The summed E-state index contributed by atoms with van der Waals surface area (Å²) in [6, 6.07) is 15.5. The summed E-state index contributed by atoms with van der Waals surface area (Å²) >= 11 is 3.40. The molecule has 2 aromatic rings. The standard InChI is InChI=1S/C17H19BrN2O2/c1-22-14-8-6-13(7-9-14)10-11-19-12-17(21)20-16-5-3-2-4-15(16)18/h2-9,19H,10-12H2,1H3,(H,20,21). The van der Waals surface area contributed by atoms with Crippen LogP contribution in [0.15, 0.2) is 53.0 Å². The molecule has 0 fully saturated rings. The van der Waals surface area contributed by atoms with E-state index in [-0.39, 0.29) is 12.5 Å². The lowest BCUT2D eigenvalue weighted by Gasteiger charge is -2.08. The predicted octanol–water partition coefficient (Wildman–Crippen LogP) is 3.23. The highest BCUT2D eigenvalue weighted by molar-refractivity contribution is 9.10. The minimum absolute atomic E-state index is 0.0540. The van der Waals surface area contributed by atoms with E-state index in [1.807, 2.05) is 48.5 Å². The van der Waals surface area contributed by atoms with Gasteiger partial charge in [-0.15, -0.1) is 0 Å². The van der Waals surface area contributed by atoms with Crippen molar-refractivity contribution in [3.63, 3.8) is 0 Å². The van der Waals surface area contributed by atoms with Gasteiger partial charge in [0.25, 0.3) is 0 Å². The van der Waals surface area contributed by atoms with Gasteiger partial charge in [-0.2, -0.15) is 0 Å². The molecular formula is C17H19BrN2O2. The molecule has 5 heteroatoms. The molecule has 0 aliphatic heterocycles. The lowest BCUT2D eigenvalue weighted by molar-refractivity contribution is -0.115. The molecule has 2 aromatic carbocycles. The van der Waals surface area contributed by atoms with Crippen molar-refractivity contribution in [2.24, 2.45) is 0 Å². The van der Waals surface area contributed by atoms with E-state index >= 15 is 0 Å². The van der Waals surface area contributed by atoms with Crippen LogP contribution in [0.25, 0.3) is 0 Å². The molecular weight excluding hydrogens is 344 g/mol. The third kappa shape index (κ3) is 5.16. The number of ether oxygens (including phenoxy) is 1. The van der Waals surface area contributed by atoms with Crippen molar-refractivity contribution in [3.05, 3.63) is 58.6 Å². The molecule has 4 nitrogen and oxygen atoms in total. The molecule has 0 heterocycles. The third-order valence-electron chi connectivity index (χ3n) is 3.18. The number of carbonyl (C=O) groups is 1. The molecule has 0 unspecified atom stereocenters. The van der Waals surface area contributed by atoms with Gasteiger partial charge in [-0.3, -0.25) is 4.79 Å². The van der Waals surface area contributed by atoms with Gasteiger partial charge in [0, 0.05) is 4.47 Å².